The number of nitrogens with two attached hydrogens (primary N) is 1. The number of benzene rings is 1. The second-order valence-corrected chi connectivity index (χ2v) is 6.22. The van der Waals surface area contributed by atoms with Gasteiger partial charge in [-0.2, -0.15) is 0 Å². The number of nitrogens with zero attached hydrogens (tertiary/aromatic N) is 1. The lowest BCUT2D eigenvalue weighted by Crippen LogP contribution is -2.55. The molecule has 1 amide bonds. The molecule has 1 aromatic rings. The van der Waals surface area contributed by atoms with Gasteiger partial charge in [0.25, 0.3) is 5.91 Å². The SMILES string of the molecule is NC(=O)[C@@]1(O)CCCN(Cc2cc(Cl)c3c(c2)OCCO3)C1. The summed E-state index contributed by atoms with van der Waals surface area (Å²) in [5, 5.41) is 10.8. The Balaban J connectivity index is 1.76. The predicted octanol–water partition coefficient (Wildman–Crippen LogP) is 0.923. The lowest BCUT2D eigenvalue weighted by atomic mass is 9.92. The van der Waals surface area contributed by atoms with Crippen LogP contribution in [-0.2, 0) is 11.3 Å². The molecule has 0 saturated carbocycles. The van der Waals surface area contributed by atoms with Crippen LogP contribution in [0.15, 0.2) is 12.1 Å². The summed E-state index contributed by atoms with van der Waals surface area (Å²) in [6.45, 7) is 2.57. The lowest BCUT2D eigenvalue weighted by molar-refractivity contribution is -0.142. The Bertz CT molecular complexity index is 595. The molecular weight excluding hydrogens is 308 g/mol. The van der Waals surface area contributed by atoms with E-state index >= 15 is 0 Å². The van der Waals surface area contributed by atoms with Crippen molar-refractivity contribution < 1.29 is 19.4 Å². The lowest BCUT2D eigenvalue weighted by Gasteiger charge is -2.37. The zero-order valence-electron chi connectivity index (χ0n) is 12.2. The standard InChI is InChI=1S/C15H19ClN2O4/c16-11-6-10(7-12-13(11)22-5-4-21-12)8-18-3-1-2-15(20,9-18)14(17)19/h6-7,20H,1-5,8-9H2,(H2,17,19)/t15-/m1/s1. The molecule has 2 aliphatic heterocycles. The zero-order valence-corrected chi connectivity index (χ0v) is 12.9. The third kappa shape index (κ3) is 2.99. The van der Waals surface area contributed by atoms with E-state index in [9.17, 15) is 9.90 Å². The van der Waals surface area contributed by atoms with Crippen LogP contribution in [0.5, 0.6) is 11.5 Å². The third-order valence-electron chi connectivity index (χ3n) is 4.07. The molecule has 2 aliphatic rings. The van der Waals surface area contributed by atoms with Gasteiger partial charge in [-0.3, -0.25) is 9.69 Å². The average molecular weight is 327 g/mol. The van der Waals surface area contributed by atoms with Crippen LogP contribution in [0.1, 0.15) is 18.4 Å². The number of carbonyl (C=O) groups excluding carboxylic acids is 1. The summed E-state index contributed by atoms with van der Waals surface area (Å²) in [7, 11) is 0. The second-order valence-electron chi connectivity index (χ2n) is 5.81. The highest BCUT2D eigenvalue weighted by Gasteiger charge is 2.38. The van der Waals surface area contributed by atoms with Gasteiger partial charge in [-0.05, 0) is 37.1 Å². The number of halogens is 1. The summed E-state index contributed by atoms with van der Waals surface area (Å²) in [6, 6.07) is 3.71. The van der Waals surface area contributed by atoms with E-state index in [0.717, 1.165) is 18.5 Å². The van der Waals surface area contributed by atoms with E-state index in [2.05, 4.69) is 0 Å². The van der Waals surface area contributed by atoms with E-state index in [0.29, 0.717) is 42.7 Å². The Morgan fingerprint density at radius 1 is 1.41 bits per heavy atom. The van der Waals surface area contributed by atoms with Gasteiger partial charge in [0.05, 0.1) is 5.02 Å². The van der Waals surface area contributed by atoms with Crippen molar-refractivity contribution >= 4 is 17.5 Å². The normalized spacial score (nSPS) is 25.0. The highest BCUT2D eigenvalue weighted by atomic mass is 35.5. The monoisotopic (exact) mass is 326 g/mol. The molecule has 0 unspecified atom stereocenters. The first kappa shape index (κ1) is 15.4. The van der Waals surface area contributed by atoms with Crippen LogP contribution in [0.4, 0.5) is 0 Å². The fraction of sp³-hybridized carbons (Fsp3) is 0.533. The van der Waals surface area contributed by atoms with Gasteiger partial charge in [0, 0.05) is 13.1 Å². The van der Waals surface area contributed by atoms with E-state index in [1.165, 1.54) is 0 Å². The maximum atomic E-state index is 11.4. The minimum atomic E-state index is -1.45. The van der Waals surface area contributed by atoms with Gasteiger partial charge in [0.15, 0.2) is 17.1 Å². The van der Waals surface area contributed by atoms with Crippen LogP contribution >= 0.6 is 11.6 Å². The van der Waals surface area contributed by atoms with Crippen molar-refractivity contribution in [3.63, 3.8) is 0 Å². The number of amides is 1. The summed E-state index contributed by atoms with van der Waals surface area (Å²) in [4.78, 5) is 13.4. The maximum Gasteiger partial charge on any atom is 0.250 e. The van der Waals surface area contributed by atoms with Gasteiger partial charge in [-0.1, -0.05) is 11.6 Å². The van der Waals surface area contributed by atoms with Gasteiger partial charge in [-0.25, -0.2) is 0 Å². The Morgan fingerprint density at radius 2 is 2.18 bits per heavy atom. The number of primary amides is 1. The summed E-state index contributed by atoms with van der Waals surface area (Å²) in [6.07, 6.45) is 1.12. The van der Waals surface area contributed by atoms with E-state index in [4.69, 9.17) is 26.8 Å². The molecule has 22 heavy (non-hydrogen) atoms. The molecule has 1 aromatic carbocycles. The van der Waals surface area contributed by atoms with Gasteiger partial charge in [0.2, 0.25) is 0 Å². The molecule has 0 aromatic heterocycles. The molecule has 2 heterocycles. The number of carbonyl (C=O) groups is 1. The number of rotatable bonds is 3. The highest BCUT2D eigenvalue weighted by molar-refractivity contribution is 6.32. The molecule has 0 radical (unpaired) electrons. The molecule has 7 heteroatoms. The van der Waals surface area contributed by atoms with Crippen molar-refractivity contribution in [3.05, 3.63) is 22.7 Å². The van der Waals surface area contributed by atoms with Crippen LogP contribution in [0.2, 0.25) is 5.02 Å². The molecule has 1 saturated heterocycles. The minimum absolute atomic E-state index is 0.231. The summed E-state index contributed by atoms with van der Waals surface area (Å²) < 4.78 is 11.1. The smallest absolute Gasteiger partial charge is 0.250 e. The van der Waals surface area contributed by atoms with Crippen LogP contribution in [-0.4, -0.2) is 47.8 Å². The van der Waals surface area contributed by atoms with Gasteiger partial charge in [0.1, 0.15) is 13.2 Å². The van der Waals surface area contributed by atoms with E-state index < -0.39 is 11.5 Å². The fourth-order valence-electron chi connectivity index (χ4n) is 2.97. The van der Waals surface area contributed by atoms with Crippen molar-refractivity contribution in [1.29, 1.82) is 0 Å². The Kier molecular flexibility index (Phi) is 4.16. The number of likely N-dealkylation sites (tertiary alicyclic amines) is 1. The van der Waals surface area contributed by atoms with Crippen LogP contribution in [0.25, 0.3) is 0 Å². The summed E-state index contributed by atoms with van der Waals surface area (Å²) in [5.74, 6) is 0.539. The molecule has 0 aliphatic carbocycles. The predicted molar refractivity (Wildman–Crippen MR) is 81.1 cm³/mol. The van der Waals surface area contributed by atoms with Crippen molar-refractivity contribution in [2.24, 2.45) is 5.73 Å². The summed E-state index contributed by atoms with van der Waals surface area (Å²) >= 11 is 6.22. The largest absolute Gasteiger partial charge is 0.486 e. The Morgan fingerprint density at radius 3 is 2.95 bits per heavy atom. The van der Waals surface area contributed by atoms with Crippen LogP contribution in [0.3, 0.4) is 0 Å². The molecule has 0 bridgehead atoms. The number of ether oxygens (including phenoxy) is 2. The zero-order chi connectivity index (χ0) is 15.7. The molecule has 3 rings (SSSR count). The van der Waals surface area contributed by atoms with Crippen LogP contribution in [0, 0.1) is 0 Å². The average Bonchev–Trinajstić information content (AvgIpc) is 2.47. The fourth-order valence-corrected chi connectivity index (χ4v) is 3.26. The van der Waals surface area contributed by atoms with Gasteiger partial charge >= 0.3 is 0 Å². The molecule has 1 atom stereocenters. The Hall–Kier alpha value is -1.50. The molecule has 0 spiro atoms. The maximum absolute atomic E-state index is 11.4. The van der Waals surface area contributed by atoms with Crippen LogP contribution < -0.4 is 15.2 Å². The second kappa shape index (κ2) is 5.95. The first-order chi connectivity index (χ1) is 10.5. The van der Waals surface area contributed by atoms with E-state index in [1.807, 2.05) is 17.0 Å². The van der Waals surface area contributed by atoms with Gasteiger partial charge < -0.3 is 20.3 Å². The number of hydrogen-bond donors (Lipinski definition) is 2. The van der Waals surface area contributed by atoms with Crippen molar-refractivity contribution in [1.82, 2.24) is 4.90 Å². The molecule has 3 N–H and O–H groups in total. The van der Waals surface area contributed by atoms with E-state index in [1.54, 1.807) is 0 Å². The first-order valence-electron chi connectivity index (χ1n) is 7.31. The van der Waals surface area contributed by atoms with Gasteiger partial charge in [-0.15, -0.1) is 0 Å². The Labute approximate surface area is 133 Å². The molecule has 120 valence electrons. The molecule has 1 fully saturated rings. The number of aliphatic hydroxyl groups is 1. The number of fused-ring (bicyclic) bond motifs is 1. The summed E-state index contributed by atoms with van der Waals surface area (Å²) in [5.41, 5.74) is 4.80. The first-order valence-corrected chi connectivity index (χ1v) is 7.68. The quantitative estimate of drug-likeness (QED) is 0.863. The highest BCUT2D eigenvalue weighted by Crippen LogP contribution is 2.38. The van der Waals surface area contributed by atoms with Crippen molar-refractivity contribution in [2.75, 3.05) is 26.3 Å². The van der Waals surface area contributed by atoms with Crippen molar-refractivity contribution in [2.45, 2.75) is 25.0 Å². The molecule has 6 nitrogen and oxygen atoms in total. The minimum Gasteiger partial charge on any atom is -0.486 e. The van der Waals surface area contributed by atoms with Crippen molar-refractivity contribution in [3.8, 4) is 11.5 Å². The number of β-amino-alcohol motifs (C(OH)–C–C–N with tert-alkyl or cyclic N) is 1. The number of piperidine rings is 1. The molecular formula is C15H19ClN2O4. The topological polar surface area (TPSA) is 85.0 Å². The van der Waals surface area contributed by atoms with E-state index in [-0.39, 0.29) is 6.54 Å². The third-order valence-corrected chi connectivity index (χ3v) is 4.35. The number of hydrogen-bond acceptors (Lipinski definition) is 5.